The van der Waals surface area contributed by atoms with Crippen molar-refractivity contribution in [1.82, 2.24) is 20.4 Å². The van der Waals surface area contributed by atoms with Gasteiger partial charge in [0.25, 0.3) is 5.91 Å². The highest BCUT2D eigenvalue weighted by molar-refractivity contribution is 5.93. The summed E-state index contributed by atoms with van der Waals surface area (Å²) in [6, 6.07) is 1.00. The van der Waals surface area contributed by atoms with Crippen LogP contribution >= 0.6 is 0 Å². The topological polar surface area (TPSA) is 99.4 Å². The lowest BCUT2D eigenvalue weighted by Crippen LogP contribution is -2.46. The predicted octanol–water partition coefficient (Wildman–Crippen LogP) is 2.96. The maximum Gasteiger partial charge on any atom is 0.422 e. The van der Waals surface area contributed by atoms with Crippen LogP contribution in [0, 0.1) is 12.8 Å². The molecule has 4 rings (SSSR count). The van der Waals surface area contributed by atoms with Gasteiger partial charge in [-0.15, -0.1) is 0 Å². The zero-order valence-electron chi connectivity index (χ0n) is 16.8. The highest BCUT2D eigenvalue weighted by atomic mass is 19.4. The Morgan fingerprint density at radius 3 is 2.58 bits per heavy atom. The van der Waals surface area contributed by atoms with Crippen molar-refractivity contribution in [2.24, 2.45) is 5.92 Å². The Morgan fingerprint density at radius 2 is 2.06 bits per heavy atom. The summed E-state index contributed by atoms with van der Waals surface area (Å²) in [4.78, 5) is 21.1. The average Bonchev–Trinajstić information content (AvgIpc) is 3.45. The van der Waals surface area contributed by atoms with E-state index in [4.69, 9.17) is 14.0 Å². The molecular weight excluding hydrogens is 424 g/mol. The van der Waals surface area contributed by atoms with Gasteiger partial charge in [0.1, 0.15) is 17.0 Å². The van der Waals surface area contributed by atoms with Crippen molar-refractivity contribution < 1.29 is 36.4 Å². The van der Waals surface area contributed by atoms with Crippen molar-refractivity contribution in [2.75, 3.05) is 19.8 Å². The minimum atomic E-state index is -4.64. The van der Waals surface area contributed by atoms with E-state index in [-0.39, 0.29) is 30.4 Å². The first-order valence-electron chi connectivity index (χ1n) is 9.60. The van der Waals surface area contributed by atoms with E-state index in [1.807, 2.05) is 0 Å². The van der Waals surface area contributed by atoms with Crippen LogP contribution in [0.25, 0.3) is 0 Å². The molecule has 0 radical (unpaired) electrons. The summed E-state index contributed by atoms with van der Waals surface area (Å²) in [6.45, 7) is 1.06. The predicted molar refractivity (Wildman–Crippen MR) is 96.0 cm³/mol. The van der Waals surface area contributed by atoms with Crippen LogP contribution in [0.1, 0.15) is 47.5 Å². The molecule has 31 heavy (non-hydrogen) atoms. The summed E-state index contributed by atoms with van der Waals surface area (Å²) < 4.78 is 67.5. The number of hydrogen-bond acceptors (Lipinski definition) is 7. The number of nitrogens with one attached hydrogen (secondary N) is 1. The van der Waals surface area contributed by atoms with Crippen molar-refractivity contribution in [2.45, 2.75) is 44.1 Å². The number of pyridine rings is 1. The molecule has 3 heterocycles. The van der Waals surface area contributed by atoms with Crippen LogP contribution in [-0.2, 0) is 15.9 Å². The third kappa shape index (κ3) is 4.34. The largest absolute Gasteiger partial charge is 0.484 e. The molecule has 1 atom stereocenters. The summed E-state index contributed by atoms with van der Waals surface area (Å²) >= 11 is 0. The molecule has 1 aliphatic carbocycles. The number of hydrogen-bond donors (Lipinski definition) is 1. The molecule has 0 aromatic carbocycles. The summed E-state index contributed by atoms with van der Waals surface area (Å²) in [5.74, 6) is -0.405. The molecule has 1 amide bonds. The second kappa shape index (κ2) is 7.43. The lowest BCUT2D eigenvalue weighted by atomic mass is 9.93. The van der Waals surface area contributed by atoms with Crippen molar-refractivity contribution in [3.05, 3.63) is 35.2 Å². The quantitative estimate of drug-likeness (QED) is 0.656. The molecule has 0 unspecified atom stereocenters. The normalized spacial score (nSPS) is 19.9. The summed E-state index contributed by atoms with van der Waals surface area (Å²) in [5, 5.41) is 6.70. The van der Waals surface area contributed by atoms with Crippen molar-refractivity contribution in [1.29, 1.82) is 0 Å². The number of alkyl halides is 4. The fourth-order valence-electron chi connectivity index (χ4n) is 3.42. The molecule has 1 N–H and O–H groups in total. The van der Waals surface area contributed by atoms with Crippen LogP contribution in [0.15, 0.2) is 16.8 Å². The minimum absolute atomic E-state index is 0.0647. The number of ether oxygens (including phenoxy) is 2. The molecule has 2 aromatic rings. The van der Waals surface area contributed by atoms with Gasteiger partial charge in [0.05, 0.1) is 18.8 Å². The molecule has 1 aliphatic heterocycles. The zero-order chi connectivity index (χ0) is 22.4. The Balaban J connectivity index is 1.61. The molecule has 168 valence electrons. The van der Waals surface area contributed by atoms with Crippen molar-refractivity contribution in [3.63, 3.8) is 0 Å². The standard InChI is InChI=1S/C19H20F4N4O4/c1-10-25-16(27-31-10)17(2,11-3-4-11)26-15(28)13-5-14(30-9-19(21,22)23)12(6-24-13)18(20)7-29-8-18/h5-6,11H,3-4,7-9H2,1-2H3,(H,26,28)/t17-/m0/s1. The van der Waals surface area contributed by atoms with Gasteiger partial charge in [0.15, 0.2) is 18.1 Å². The maximum absolute atomic E-state index is 14.8. The molecular formula is C19H20F4N4O4. The molecule has 2 fully saturated rings. The van der Waals surface area contributed by atoms with Crippen molar-refractivity contribution in [3.8, 4) is 5.75 Å². The number of rotatable bonds is 7. The lowest BCUT2D eigenvalue weighted by molar-refractivity contribution is -0.156. The molecule has 2 aromatic heterocycles. The van der Waals surface area contributed by atoms with Gasteiger partial charge in [-0.3, -0.25) is 9.78 Å². The van der Waals surface area contributed by atoms with Gasteiger partial charge in [-0.1, -0.05) is 5.16 Å². The van der Waals surface area contributed by atoms with Gasteiger partial charge in [-0.05, 0) is 25.7 Å². The Morgan fingerprint density at radius 1 is 1.35 bits per heavy atom. The summed E-state index contributed by atoms with van der Waals surface area (Å²) in [6.07, 6.45) is -1.96. The van der Waals surface area contributed by atoms with E-state index in [0.29, 0.717) is 11.7 Å². The molecule has 0 spiro atoms. The third-order valence-electron chi connectivity index (χ3n) is 5.39. The van der Waals surface area contributed by atoms with Crippen LogP contribution in [0.3, 0.4) is 0 Å². The van der Waals surface area contributed by atoms with E-state index in [1.54, 1.807) is 13.8 Å². The third-order valence-corrected chi connectivity index (χ3v) is 5.39. The number of amides is 1. The van der Waals surface area contributed by atoms with Gasteiger partial charge in [-0.25, -0.2) is 4.39 Å². The Bertz CT molecular complexity index is 988. The van der Waals surface area contributed by atoms with Gasteiger partial charge in [-0.2, -0.15) is 18.2 Å². The SMILES string of the molecule is Cc1nc([C@@](C)(NC(=O)c2cc(OCC(F)(F)F)c(C3(F)COC3)cn2)C2CC2)no1. The number of carbonyl (C=O) groups is 1. The number of carbonyl (C=O) groups excluding carboxylic acids is 1. The van der Waals surface area contributed by atoms with Crippen LogP contribution in [0.5, 0.6) is 5.75 Å². The van der Waals surface area contributed by atoms with Gasteiger partial charge >= 0.3 is 6.18 Å². The van der Waals surface area contributed by atoms with E-state index in [2.05, 4.69) is 20.4 Å². The Labute approximate surface area is 174 Å². The first kappa shape index (κ1) is 21.5. The van der Waals surface area contributed by atoms with E-state index in [0.717, 1.165) is 25.1 Å². The van der Waals surface area contributed by atoms with Crippen LogP contribution in [0.4, 0.5) is 17.6 Å². The first-order chi connectivity index (χ1) is 14.5. The van der Waals surface area contributed by atoms with E-state index >= 15 is 0 Å². The van der Waals surface area contributed by atoms with Crippen LogP contribution in [-0.4, -0.2) is 47.0 Å². The van der Waals surface area contributed by atoms with Gasteiger partial charge in [0, 0.05) is 19.2 Å². The molecule has 1 saturated heterocycles. The summed E-state index contributed by atoms with van der Waals surface area (Å²) in [5.41, 5.74) is -3.39. The van der Waals surface area contributed by atoms with E-state index in [1.165, 1.54) is 0 Å². The molecule has 8 nitrogen and oxygen atoms in total. The van der Waals surface area contributed by atoms with Crippen LogP contribution in [0.2, 0.25) is 0 Å². The average molecular weight is 444 g/mol. The smallest absolute Gasteiger partial charge is 0.422 e. The molecule has 1 saturated carbocycles. The highest BCUT2D eigenvalue weighted by Crippen LogP contribution is 2.45. The van der Waals surface area contributed by atoms with Crippen molar-refractivity contribution >= 4 is 5.91 Å². The number of nitrogens with zero attached hydrogens (tertiary/aromatic N) is 3. The number of halogens is 4. The monoisotopic (exact) mass is 444 g/mol. The fraction of sp³-hybridized carbons (Fsp3) is 0.579. The van der Waals surface area contributed by atoms with E-state index < -0.39 is 35.6 Å². The number of aromatic nitrogens is 3. The Kier molecular flexibility index (Phi) is 5.15. The molecule has 0 bridgehead atoms. The van der Waals surface area contributed by atoms with Crippen LogP contribution < -0.4 is 10.1 Å². The second-order valence-corrected chi connectivity index (χ2v) is 8.00. The molecule has 12 heteroatoms. The maximum atomic E-state index is 14.8. The highest BCUT2D eigenvalue weighted by Gasteiger charge is 2.48. The summed E-state index contributed by atoms with van der Waals surface area (Å²) in [7, 11) is 0. The van der Waals surface area contributed by atoms with E-state index in [9.17, 15) is 22.4 Å². The van der Waals surface area contributed by atoms with Gasteiger partial charge < -0.3 is 19.3 Å². The Hall–Kier alpha value is -2.76. The second-order valence-electron chi connectivity index (χ2n) is 8.00. The first-order valence-corrected chi connectivity index (χ1v) is 9.60. The lowest BCUT2D eigenvalue weighted by Gasteiger charge is -2.35. The molecule has 2 aliphatic rings. The fourth-order valence-corrected chi connectivity index (χ4v) is 3.42. The number of aryl methyl sites for hydroxylation is 1. The minimum Gasteiger partial charge on any atom is -0.484 e. The van der Waals surface area contributed by atoms with Gasteiger partial charge in [0.2, 0.25) is 5.89 Å². The zero-order valence-corrected chi connectivity index (χ0v) is 16.8.